The SMILES string of the molecule is CNC1=CC(=O)C(C[C@]2(C)C(C)CCC3(C)C(C)=CCCC32)=CC1=O. The van der Waals surface area contributed by atoms with Gasteiger partial charge in [-0.15, -0.1) is 0 Å². The molecule has 25 heavy (non-hydrogen) atoms. The van der Waals surface area contributed by atoms with E-state index in [1.54, 1.807) is 13.1 Å². The maximum atomic E-state index is 12.6. The summed E-state index contributed by atoms with van der Waals surface area (Å²) in [5.74, 6) is 1.03. The van der Waals surface area contributed by atoms with E-state index < -0.39 is 0 Å². The van der Waals surface area contributed by atoms with Crippen LogP contribution >= 0.6 is 0 Å². The van der Waals surface area contributed by atoms with Crippen LogP contribution in [0.4, 0.5) is 0 Å². The first-order valence-corrected chi connectivity index (χ1v) is 9.58. The predicted molar refractivity (Wildman–Crippen MR) is 101 cm³/mol. The monoisotopic (exact) mass is 341 g/mol. The first kappa shape index (κ1) is 18.2. The predicted octanol–water partition coefficient (Wildman–Crippen LogP) is 4.36. The molecule has 1 fully saturated rings. The van der Waals surface area contributed by atoms with Crippen molar-refractivity contribution < 1.29 is 9.59 Å². The first-order valence-electron chi connectivity index (χ1n) is 9.58. The summed E-state index contributed by atoms with van der Waals surface area (Å²) in [5, 5.41) is 2.82. The third kappa shape index (κ3) is 2.82. The molecule has 3 aliphatic carbocycles. The maximum absolute atomic E-state index is 12.6. The zero-order chi connectivity index (χ0) is 18.4. The molecule has 0 aromatic rings. The molecule has 0 aromatic carbocycles. The highest BCUT2D eigenvalue weighted by atomic mass is 16.1. The Kier molecular flexibility index (Phi) is 4.55. The van der Waals surface area contributed by atoms with Gasteiger partial charge < -0.3 is 5.32 Å². The normalized spacial score (nSPS) is 38.5. The Morgan fingerprint density at radius 3 is 2.56 bits per heavy atom. The number of hydrogen-bond donors (Lipinski definition) is 1. The van der Waals surface area contributed by atoms with Gasteiger partial charge in [0.15, 0.2) is 5.78 Å². The lowest BCUT2D eigenvalue weighted by Gasteiger charge is -2.58. The molecule has 0 aliphatic heterocycles. The molecule has 0 amide bonds. The fourth-order valence-corrected chi connectivity index (χ4v) is 5.55. The van der Waals surface area contributed by atoms with Crippen molar-refractivity contribution in [2.45, 2.75) is 59.8 Å². The van der Waals surface area contributed by atoms with E-state index in [9.17, 15) is 9.59 Å². The largest absolute Gasteiger partial charge is 0.385 e. The average molecular weight is 341 g/mol. The van der Waals surface area contributed by atoms with Gasteiger partial charge >= 0.3 is 0 Å². The number of allylic oxidation sites excluding steroid dienone is 5. The van der Waals surface area contributed by atoms with E-state index in [1.807, 2.05) is 0 Å². The minimum atomic E-state index is -0.0772. The summed E-state index contributed by atoms with van der Waals surface area (Å²) >= 11 is 0. The summed E-state index contributed by atoms with van der Waals surface area (Å²) < 4.78 is 0. The summed E-state index contributed by atoms with van der Waals surface area (Å²) in [6.07, 6.45) is 10.9. The van der Waals surface area contributed by atoms with E-state index in [2.05, 4.69) is 39.1 Å². The van der Waals surface area contributed by atoms with Crippen molar-refractivity contribution in [1.29, 1.82) is 0 Å². The Morgan fingerprint density at radius 1 is 1.16 bits per heavy atom. The summed E-state index contributed by atoms with van der Waals surface area (Å²) in [5.41, 5.74) is 2.88. The average Bonchev–Trinajstić information content (AvgIpc) is 2.57. The standard InChI is InChI=1S/C22H31NO2/c1-14-7-6-8-20-21(14,3)10-9-15(2)22(20,4)13-16-11-19(25)17(23-5)12-18(16)24/h7,11-12,15,20,23H,6,8-10,13H2,1-5H3/t15?,20?,21?,22-/m1/s1. The molecular formula is C22H31NO2. The minimum Gasteiger partial charge on any atom is -0.385 e. The Bertz CT molecular complexity index is 699. The minimum absolute atomic E-state index is 0.00674. The van der Waals surface area contributed by atoms with Gasteiger partial charge in [0.25, 0.3) is 0 Å². The molecule has 0 radical (unpaired) electrons. The highest BCUT2D eigenvalue weighted by Gasteiger charge is 2.53. The van der Waals surface area contributed by atoms with Crippen LogP contribution in [0.3, 0.4) is 0 Å². The van der Waals surface area contributed by atoms with Crippen LogP contribution in [-0.2, 0) is 9.59 Å². The second-order valence-electron chi connectivity index (χ2n) is 8.76. The van der Waals surface area contributed by atoms with E-state index in [-0.39, 0.29) is 22.4 Å². The molecule has 1 N–H and O–H groups in total. The number of ketones is 2. The van der Waals surface area contributed by atoms with E-state index in [0.717, 1.165) is 6.42 Å². The molecule has 4 atom stereocenters. The Morgan fingerprint density at radius 2 is 1.88 bits per heavy atom. The highest BCUT2D eigenvalue weighted by Crippen LogP contribution is 2.62. The summed E-state index contributed by atoms with van der Waals surface area (Å²) in [6, 6.07) is 0. The van der Waals surface area contributed by atoms with Crippen LogP contribution in [0, 0.1) is 22.7 Å². The van der Waals surface area contributed by atoms with Gasteiger partial charge in [-0.25, -0.2) is 0 Å². The number of carbonyl (C=O) groups excluding carboxylic acids is 2. The van der Waals surface area contributed by atoms with Crippen LogP contribution in [0.15, 0.2) is 35.1 Å². The molecule has 3 nitrogen and oxygen atoms in total. The summed E-state index contributed by atoms with van der Waals surface area (Å²) in [6.45, 7) is 9.37. The van der Waals surface area contributed by atoms with E-state index in [4.69, 9.17) is 0 Å². The number of carbonyl (C=O) groups is 2. The molecule has 3 rings (SSSR count). The van der Waals surface area contributed by atoms with Crippen molar-refractivity contribution >= 4 is 11.6 Å². The fraction of sp³-hybridized carbons (Fsp3) is 0.636. The van der Waals surface area contributed by atoms with Crippen LogP contribution in [0.5, 0.6) is 0 Å². The molecule has 0 saturated heterocycles. The van der Waals surface area contributed by atoms with Crippen molar-refractivity contribution in [1.82, 2.24) is 5.32 Å². The lowest BCUT2D eigenvalue weighted by atomic mass is 9.46. The number of rotatable bonds is 3. The van der Waals surface area contributed by atoms with Gasteiger partial charge in [-0.3, -0.25) is 9.59 Å². The third-order valence-electron chi connectivity index (χ3n) is 7.60. The van der Waals surface area contributed by atoms with Gasteiger partial charge in [0, 0.05) is 18.7 Å². The molecule has 3 aliphatic rings. The van der Waals surface area contributed by atoms with Gasteiger partial charge in [0.2, 0.25) is 5.78 Å². The zero-order valence-electron chi connectivity index (χ0n) is 16.2. The van der Waals surface area contributed by atoms with Crippen LogP contribution in [0.1, 0.15) is 59.8 Å². The lowest BCUT2D eigenvalue weighted by molar-refractivity contribution is -0.116. The Labute approximate surface area is 151 Å². The maximum Gasteiger partial charge on any atom is 0.202 e. The molecule has 3 heteroatoms. The number of likely N-dealkylation sites (N-methyl/N-ethyl adjacent to an activating group) is 1. The number of fused-ring (bicyclic) bond motifs is 1. The van der Waals surface area contributed by atoms with Gasteiger partial charge in [0.05, 0.1) is 5.70 Å². The quantitative estimate of drug-likeness (QED) is 0.613. The van der Waals surface area contributed by atoms with Crippen LogP contribution < -0.4 is 5.32 Å². The second-order valence-corrected chi connectivity index (χ2v) is 8.76. The smallest absolute Gasteiger partial charge is 0.202 e. The highest BCUT2D eigenvalue weighted by molar-refractivity contribution is 6.19. The molecule has 0 heterocycles. The first-order chi connectivity index (χ1) is 11.7. The molecule has 3 unspecified atom stereocenters. The molecule has 136 valence electrons. The molecular weight excluding hydrogens is 310 g/mol. The molecule has 0 aromatic heterocycles. The topological polar surface area (TPSA) is 46.2 Å². The zero-order valence-corrected chi connectivity index (χ0v) is 16.2. The molecule has 0 bridgehead atoms. The number of hydrogen-bond acceptors (Lipinski definition) is 3. The van der Waals surface area contributed by atoms with Crippen molar-refractivity contribution in [2.24, 2.45) is 22.7 Å². The summed E-state index contributed by atoms with van der Waals surface area (Å²) in [4.78, 5) is 24.8. The van der Waals surface area contributed by atoms with E-state index >= 15 is 0 Å². The van der Waals surface area contributed by atoms with Crippen LogP contribution in [0.25, 0.3) is 0 Å². The fourth-order valence-electron chi connectivity index (χ4n) is 5.55. The van der Waals surface area contributed by atoms with Gasteiger partial charge in [-0.05, 0) is 67.8 Å². The Balaban J connectivity index is 1.94. The van der Waals surface area contributed by atoms with Crippen molar-refractivity contribution in [3.05, 3.63) is 35.1 Å². The Hall–Kier alpha value is -1.64. The van der Waals surface area contributed by atoms with Crippen molar-refractivity contribution in [3.8, 4) is 0 Å². The van der Waals surface area contributed by atoms with Gasteiger partial charge in [0.1, 0.15) is 0 Å². The molecule has 0 spiro atoms. The van der Waals surface area contributed by atoms with E-state index in [0.29, 0.717) is 29.5 Å². The van der Waals surface area contributed by atoms with Crippen molar-refractivity contribution in [2.75, 3.05) is 7.05 Å². The third-order valence-corrected chi connectivity index (χ3v) is 7.60. The summed E-state index contributed by atoms with van der Waals surface area (Å²) in [7, 11) is 1.68. The molecule has 1 saturated carbocycles. The van der Waals surface area contributed by atoms with Crippen LogP contribution in [0.2, 0.25) is 0 Å². The second kappa shape index (κ2) is 6.26. The van der Waals surface area contributed by atoms with Gasteiger partial charge in [-0.2, -0.15) is 0 Å². The van der Waals surface area contributed by atoms with Crippen LogP contribution in [-0.4, -0.2) is 18.6 Å². The van der Waals surface area contributed by atoms with E-state index in [1.165, 1.54) is 30.9 Å². The lowest BCUT2D eigenvalue weighted by Crippen LogP contribution is -2.50. The van der Waals surface area contributed by atoms with Gasteiger partial charge in [-0.1, -0.05) is 32.4 Å². The van der Waals surface area contributed by atoms with Crippen molar-refractivity contribution in [3.63, 3.8) is 0 Å². The number of nitrogens with one attached hydrogen (secondary N) is 1.